The summed E-state index contributed by atoms with van der Waals surface area (Å²) in [5.41, 5.74) is 2.52. The number of amides is 2. The Hall–Kier alpha value is -2.64. The SMILES string of the molecule is Cc1nn(CC(C)C)c(Cl)c1/C=C/C(=O)Nc1cccc(C(=O)N2CCC(O)CC2)c1. The van der Waals surface area contributed by atoms with E-state index in [0.717, 1.165) is 5.69 Å². The highest BCUT2D eigenvalue weighted by atomic mass is 35.5. The minimum Gasteiger partial charge on any atom is -0.393 e. The standard InChI is InChI=1S/C23H29ClN4O3/c1-15(2)14-28-22(24)20(16(3)26-28)7-8-21(30)25-18-6-4-5-17(13-18)23(31)27-11-9-19(29)10-12-27/h4-8,13,15,19,29H,9-12,14H2,1-3H3,(H,25,30)/b8-7+. The molecular weight excluding hydrogens is 416 g/mol. The van der Waals surface area contributed by atoms with Gasteiger partial charge < -0.3 is 15.3 Å². The van der Waals surface area contributed by atoms with E-state index in [2.05, 4.69) is 24.3 Å². The number of halogens is 1. The Morgan fingerprint density at radius 3 is 2.71 bits per heavy atom. The van der Waals surface area contributed by atoms with Crippen LogP contribution < -0.4 is 5.32 Å². The third-order valence-corrected chi connectivity index (χ3v) is 5.58. The number of carbonyl (C=O) groups excluding carboxylic acids is 2. The topological polar surface area (TPSA) is 87.5 Å². The van der Waals surface area contributed by atoms with Gasteiger partial charge in [0.25, 0.3) is 5.91 Å². The van der Waals surface area contributed by atoms with Gasteiger partial charge in [-0.15, -0.1) is 0 Å². The second-order valence-corrected chi connectivity index (χ2v) is 8.65. The Morgan fingerprint density at radius 2 is 2.03 bits per heavy atom. The van der Waals surface area contributed by atoms with Gasteiger partial charge >= 0.3 is 0 Å². The first-order valence-corrected chi connectivity index (χ1v) is 10.9. The van der Waals surface area contributed by atoms with Gasteiger partial charge in [0.05, 0.1) is 11.8 Å². The molecule has 2 heterocycles. The molecule has 1 saturated heterocycles. The van der Waals surface area contributed by atoms with Crippen LogP contribution in [-0.2, 0) is 11.3 Å². The van der Waals surface area contributed by atoms with Crippen molar-refractivity contribution < 1.29 is 14.7 Å². The highest BCUT2D eigenvalue weighted by Crippen LogP contribution is 2.22. The molecule has 0 atom stereocenters. The van der Waals surface area contributed by atoms with Crippen LogP contribution in [0.1, 0.15) is 48.3 Å². The number of nitrogens with one attached hydrogen (secondary N) is 1. The number of rotatable bonds is 6. The number of nitrogens with zero attached hydrogens (tertiary/aromatic N) is 3. The predicted octanol–water partition coefficient (Wildman–Crippen LogP) is 3.75. The summed E-state index contributed by atoms with van der Waals surface area (Å²) in [4.78, 5) is 26.9. The average molecular weight is 445 g/mol. The van der Waals surface area contributed by atoms with Crippen molar-refractivity contribution in [2.45, 2.75) is 46.3 Å². The van der Waals surface area contributed by atoms with Crippen LogP contribution in [0.2, 0.25) is 5.15 Å². The summed E-state index contributed by atoms with van der Waals surface area (Å²) in [6.45, 7) is 7.80. The Morgan fingerprint density at radius 1 is 1.32 bits per heavy atom. The molecule has 1 fully saturated rings. The molecule has 3 rings (SSSR count). The fraction of sp³-hybridized carbons (Fsp3) is 0.435. The van der Waals surface area contributed by atoms with Gasteiger partial charge in [-0.1, -0.05) is 31.5 Å². The fourth-order valence-corrected chi connectivity index (χ4v) is 3.85. The lowest BCUT2D eigenvalue weighted by Crippen LogP contribution is -2.40. The zero-order valence-corrected chi connectivity index (χ0v) is 18.9. The predicted molar refractivity (Wildman–Crippen MR) is 122 cm³/mol. The molecule has 1 aromatic heterocycles. The molecule has 0 unspecified atom stereocenters. The molecule has 31 heavy (non-hydrogen) atoms. The zero-order valence-electron chi connectivity index (χ0n) is 18.1. The van der Waals surface area contributed by atoms with Gasteiger partial charge in [0.15, 0.2) is 0 Å². The van der Waals surface area contributed by atoms with E-state index in [-0.39, 0.29) is 17.9 Å². The summed E-state index contributed by atoms with van der Waals surface area (Å²) >= 11 is 6.42. The van der Waals surface area contributed by atoms with Crippen LogP contribution in [-0.4, -0.2) is 50.8 Å². The first-order chi connectivity index (χ1) is 14.7. The summed E-state index contributed by atoms with van der Waals surface area (Å²) in [6.07, 6.45) is 3.91. The molecule has 1 aromatic carbocycles. The van der Waals surface area contributed by atoms with Crippen LogP contribution in [0.5, 0.6) is 0 Å². The number of anilines is 1. The van der Waals surface area contributed by atoms with E-state index in [1.807, 2.05) is 6.92 Å². The summed E-state index contributed by atoms with van der Waals surface area (Å²) < 4.78 is 1.74. The fourth-order valence-electron chi connectivity index (χ4n) is 3.55. The lowest BCUT2D eigenvalue weighted by Gasteiger charge is -2.29. The van der Waals surface area contributed by atoms with Crippen LogP contribution in [0.15, 0.2) is 30.3 Å². The number of aromatic nitrogens is 2. The van der Waals surface area contributed by atoms with E-state index in [1.54, 1.807) is 39.9 Å². The van der Waals surface area contributed by atoms with Crippen molar-refractivity contribution in [2.24, 2.45) is 5.92 Å². The molecule has 0 bridgehead atoms. The molecule has 0 saturated carbocycles. The first-order valence-electron chi connectivity index (χ1n) is 10.5. The molecule has 1 aliphatic heterocycles. The third-order valence-electron chi connectivity index (χ3n) is 5.18. The van der Waals surface area contributed by atoms with Crippen LogP contribution >= 0.6 is 11.6 Å². The van der Waals surface area contributed by atoms with Crippen molar-refractivity contribution in [1.29, 1.82) is 0 Å². The Bertz CT molecular complexity index is 975. The summed E-state index contributed by atoms with van der Waals surface area (Å²) in [7, 11) is 0. The maximum Gasteiger partial charge on any atom is 0.253 e. The summed E-state index contributed by atoms with van der Waals surface area (Å²) in [5, 5.41) is 17.4. The van der Waals surface area contributed by atoms with Crippen molar-refractivity contribution in [1.82, 2.24) is 14.7 Å². The minimum atomic E-state index is -0.337. The van der Waals surface area contributed by atoms with Crippen molar-refractivity contribution in [3.05, 3.63) is 52.3 Å². The Balaban J connectivity index is 1.65. The number of benzene rings is 1. The quantitative estimate of drug-likeness (QED) is 0.664. The molecule has 166 valence electrons. The molecule has 8 heteroatoms. The summed E-state index contributed by atoms with van der Waals surface area (Å²) in [6, 6.07) is 6.87. The molecule has 1 aliphatic rings. The largest absolute Gasteiger partial charge is 0.393 e. The van der Waals surface area contributed by atoms with Crippen molar-refractivity contribution in [3.8, 4) is 0 Å². The highest BCUT2D eigenvalue weighted by Gasteiger charge is 2.22. The molecule has 0 spiro atoms. The Kier molecular flexibility index (Phi) is 7.51. The maximum absolute atomic E-state index is 12.7. The molecule has 0 aliphatic carbocycles. The second-order valence-electron chi connectivity index (χ2n) is 8.29. The van der Waals surface area contributed by atoms with E-state index in [1.165, 1.54) is 6.08 Å². The van der Waals surface area contributed by atoms with Gasteiger partial charge in [-0.25, -0.2) is 0 Å². The molecule has 2 N–H and O–H groups in total. The summed E-state index contributed by atoms with van der Waals surface area (Å²) in [5.74, 6) is -0.0156. The normalized spacial score (nSPS) is 15.1. The molecule has 7 nitrogen and oxygen atoms in total. The number of aliphatic hydroxyl groups excluding tert-OH is 1. The number of hydrogen-bond acceptors (Lipinski definition) is 4. The monoisotopic (exact) mass is 444 g/mol. The van der Waals surface area contributed by atoms with Crippen LogP contribution in [0.4, 0.5) is 5.69 Å². The third kappa shape index (κ3) is 5.95. The van der Waals surface area contributed by atoms with Crippen LogP contribution in [0.3, 0.4) is 0 Å². The lowest BCUT2D eigenvalue weighted by molar-refractivity contribution is -0.111. The zero-order chi connectivity index (χ0) is 22.5. The van der Waals surface area contributed by atoms with Gasteiger partial charge in [-0.05, 0) is 50.0 Å². The lowest BCUT2D eigenvalue weighted by atomic mass is 10.1. The molecular formula is C23H29ClN4O3. The van der Waals surface area contributed by atoms with E-state index < -0.39 is 0 Å². The second kappa shape index (κ2) is 10.1. The van der Waals surface area contributed by atoms with E-state index >= 15 is 0 Å². The van der Waals surface area contributed by atoms with Crippen molar-refractivity contribution in [2.75, 3.05) is 18.4 Å². The van der Waals surface area contributed by atoms with E-state index in [4.69, 9.17) is 11.6 Å². The van der Waals surface area contributed by atoms with E-state index in [0.29, 0.717) is 60.4 Å². The molecule has 2 amide bonds. The smallest absolute Gasteiger partial charge is 0.253 e. The van der Waals surface area contributed by atoms with Crippen LogP contribution in [0.25, 0.3) is 6.08 Å². The number of hydrogen-bond donors (Lipinski definition) is 2. The number of likely N-dealkylation sites (tertiary alicyclic amines) is 1. The van der Waals surface area contributed by atoms with Gasteiger partial charge in [0, 0.05) is 42.5 Å². The highest BCUT2D eigenvalue weighted by molar-refractivity contribution is 6.31. The van der Waals surface area contributed by atoms with Gasteiger partial charge in [-0.3, -0.25) is 14.3 Å². The molecule has 0 radical (unpaired) electrons. The van der Waals surface area contributed by atoms with Crippen molar-refractivity contribution in [3.63, 3.8) is 0 Å². The van der Waals surface area contributed by atoms with E-state index in [9.17, 15) is 14.7 Å². The Labute approximate surface area is 187 Å². The number of piperidine rings is 1. The number of aryl methyl sites for hydroxylation is 1. The number of aliphatic hydroxyl groups is 1. The van der Waals surface area contributed by atoms with Gasteiger partial charge in [-0.2, -0.15) is 5.10 Å². The maximum atomic E-state index is 12.7. The first kappa shape index (κ1) is 23.0. The number of carbonyl (C=O) groups is 2. The van der Waals surface area contributed by atoms with Crippen molar-refractivity contribution >= 4 is 35.2 Å². The average Bonchev–Trinajstić information content (AvgIpc) is 2.98. The van der Waals surface area contributed by atoms with Gasteiger partial charge in [0.1, 0.15) is 5.15 Å². The van der Waals surface area contributed by atoms with Crippen LogP contribution in [0, 0.1) is 12.8 Å². The molecule has 2 aromatic rings. The minimum absolute atomic E-state index is 0.0986. The van der Waals surface area contributed by atoms with Gasteiger partial charge in [0.2, 0.25) is 5.91 Å².